The number of hydrogen-bond donors (Lipinski definition) is 0. The number of carbonyl (C=O) groups is 2. The molecule has 0 aromatic carbocycles. The highest BCUT2D eigenvalue weighted by atomic mass is 33.1. The first-order chi connectivity index (χ1) is 15.0. The SMILES string of the molecule is CC1C(OC(=O)CCSSCCC(=O)OC2CC3CC(C2C)C3(C)C)CC2CC1C2(C)C. The highest BCUT2D eigenvalue weighted by Crippen LogP contribution is 2.62. The van der Waals surface area contributed by atoms with E-state index < -0.39 is 0 Å². The third kappa shape index (κ3) is 4.61. The highest BCUT2D eigenvalue weighted by Gasteiger charge is 2.58. The van der Waals surface area contributed by atoms with E-state index >= 15 is 0 Å². The lowest BCUT2D eigenvalue weighted by Crippen LogP contribution is -2.57. The van der Waals surface area contributed by atoms with Gasteiger partial charge in [-0.05, 0) is 72.0 Å². The van der Waals surface area contributed by atoms with E-state index in [2.05, 4.69) is 41.5 Å². The Bertz CT molecular complexity index is 661. The molecular formula is C26H42O4S2. The van der Waals surface area contributed by atoms with Crippen molar-refractivity contribution in [3.05, 3.63) is 0 Å². The van der Waals surface area contributed by atoms with Crippen molar-refractivity contribution in [3.8, 4) is 0 Å². The van der Waals surface area contributed by atoms with Crippen LogP contribution in [-0.2, 0) is 19.1 Å². The Morgan fingerprint density at radius 2 is 1.09 bits per heavy atom. The molecule has 0 aromatic rings. The lowest BCUT2D eigenvalue weighted by atomic mass is 9.45. The van der Waals surface area contributed by atoms with E-state index in [0.29, 0.717) is 59.2 Å². The van der Waals surface area contributed by atoms with E-state index in [1.165, 1.54) is 12.8 Å². The number of esters is 2. The van der Waals surface area contributed by atoms with Crippen molar-refractivity contribution in [2.24, 2.45) is 46.3 Å². The summed E-state index contributed by atoms with van der Waals surface area (Å²) in [5.74, 6) is 5.07. The molecule has 6 saturated carbocycles. The first kappa shape index (κ1) is 24.8. The molecule has 0 radical (unpaired) electrons. The zero-order valence-electron chi connectivity index (χ0n) is 20.7. The van der Waals surface area contributed by atoms with E-state index in [4.69, 9.17) is 9.47 Å². The Balaban J connectivity index is 1.05. The van der Waals surface area contributed by atoms with E-state index in [1.807, 2.05) is 0 Å². The molecule has 0 N–H and O–H groups in total. The number of rotatable bonds is 9. The first-order valence-corrected chi connectivity index (χ1v) is 15.1. The predicted octanol–water partition coefficient (Wildman–Crippen LogP) is 6.38. The molecule has 6 aliphatic rings. The van der Waals surface area contributed by atoms with E-state index in [1.54, 1.807) is 21.6 Å². The molecule has 0 aliphatic heterocycles. The van der Waals surface area contributed by atoms with Crippen LogP contribution in [0.5, 0.6) is 0 Å². The minimum Gasteiger partial charge on any atom is -0.462 e. The quantitative estimate of drug-likeness (QED) is 0.216. The summed E-state index contributed by atoms with van der Waals surface area (Å²) in [6, 6.07) is 0. The molecule has 8 unspecified atom stereocenters. The number of hydrogen-bond acceptors (Lipinski definition) is 6. The molecule has 4 nitrogen and oxygen atoms in total. The van der Waals surface area contributed by atoms with Gasteiger partial charge in [-0.3, -0.25) is 9.59 Å². The van der Waals surface area contributed by atoms with Crippen LogP contribution >= 0.6 is 21.6 Å². The smallest absolute Gasteiger partial charge is 0.306 e. The summed E-state index contributed by atoms with van der Waals surface area (Å²) in [6.07, 6.45) is 5.75. The highest BCUT2D eigenvalue weighted by molar-refractivity contribution is 8.76. The van der Waals surface area contributed by atoms with Gasteiger partial charge in [-0.25, -0.2) is 0 Å². The first-order valence-electron chi connectivity index (χ1n) is 12.6. The monoisotopic (exact) mass is 482 g/mol. The van der Waals surface area contributed by atoms with Gasteiger partial charge in [-0.2, -0.15) is 0 Å². The zero-order valence-corrected chi connectivity index (χ0v) is 22.4. The van der Waals surface area contributed by atoms with Gasteiger partial charge in [-0.15, -0.1) is 0 Å². The van der Waals surface area contributed by atoms with E-state index in [9.17, 15) is 9.59 Å². The van der Waals surface area contributed by atoms with Gasteiger partial charge in [-0.1, -0.05) is 63.1 Å². The van der Waals surface area contributed by atoms with Gasteiger partial charge < -0.3 is 9.47 Å². The number of ether oxygens (including phenoxy) is 2. The van der Waals surface area contributed by atoms with E-state index in [-0.39, 0.29) is 24.1 Å². The van der Waals surface area contributed by atoms with Crippen LogP contribution in [0.4, 0.5) is 0 Å². The second-order valence-corrected chi connectivity index (χ2v) is 14.8. The van der Waals surface area contributed by atoms with Crippen LogP contribution in [0.1, 0.15) is 80.1 Å². The van der Waals surface area contributed by atoms with Gasteiger partial charge in [0.2, 0.25) is 0 Å². The molecule has 6 aliphatic carbocycles. The molecule has 182 valence electrons. The van der Waals surface area contributed by atoms with Crippen LogP contribution in [0.25, 0.3) is 0 Å². The Kier molecular flexibility index (Phi) is 7.24. The average Bonchev–Trinajstić information content (AvgIpc) is 2.72. The predicted molar refractivity (Wildman–Crippen MR) is 132 cm³/mol. The summed E-state index contributed by atoms with van der Waals surface area (Å²) >= 11 is 0. The van der Waals surface area contributed by atoms with Crippen molar-refractivity contribution in [2.75, 3.05) is 11.5 Å². The summed E-state index contributed by atoms with van der Waals surface area (Å²) in [6.45, 7) is 14.0. The van der Waals surface area contributed by atoms with Crippen molar-refractivity contribution in [3.63, 3.8) is 0 Å². The topological polar surface area (TPSA) is 52.6 Å². The van der Waals surface area contributed by atoms with Crippen LogP contribution in [0.3, 0.4) is 0 Å². The molecule has 0 aromatic heterocycles. The van der Waals surface area contributed by atoms with Crippen LogP contribution in [0, 0.1) is 46.3 Å². The van der Waals surface area contributed by atoms with E-state index in [0.717, 1.165) is 24.3 Å². The summed E-state index contributed by atoms with van der Waals surface area (Å²) < 4.78 is 11.7. The summed E-state index contributed by atoms with van der Waals surface area (Å²) in [4.78, 5) is 24.6. The van der Waals surface area contributed by atoms with Crippen molar-refractivity contribution < 1.29 is 19.1 Å². The second kappa shape index (κ2) is 9.36. The molecule has 32 heavy (non-hydrogen) atoms. The van der Waals surface area contributed by atoms with Crippen LogP contribution < -0.4 is 0 Å². The molecule has 6 rings (SSSR count). The fourth-order valence-corrected chi connectivity index (χ4v) is 9.28. The largest absolute Gasteiger partial charge is 0.462 e. The zero-order chi connectivity index (χ0) is 23.3. The minimum atomic E-state index is -0.0683. The molecule has 0 heterocycles. The van der Waals surface area contributed by atoms with Crippen molar-refractivity contribution in [1.29, 1.82) is 0 Å². The van der Waals surface area contributed by atoms with Crippen LogP contribution in [0.2, 0.25) is 0 Å². The molecule has 6 heteroatoms. The molecule has 8 atom stereocenters. The third-order valence-corrected chi connectivity index (χ3v) is 12.4. The Hall–Kier alpha value is -0.360. The Morgan fingerprint density at radius 1 is 0.719 bits per heavy atom. The van der Waals surface area contributed by atoms with Gasteiger partial charge in [0.05, 0.1) is 12.8 Å². The average molecular weight is 483 g/mol. The normalized spacial score (nSPS) is 40.6. The van der Waals surface area contributed by atoms with Crippen LogP contribution in [-0.4, -0.2) is 35.7 Å². The van der Waals surface area contributed by atoms with Gasteiger partial charge in [0.1, 0.15) is 12.2 Å². The minimum absolute atomic E-state index is 0.0683. The summed E-state index contributed by atoms with van der Waals surface area (Å²) in [7, 11) is 3.31. The van der Waals surface area contributed by atoms with Gasteiger partial charge >= 0.3 is 11.9 Å². The summed E-state index contributed by atoms with van der Waals surface area (Å²) in [5, 5.41) is 0. The molecular weight excluding hydrogens is 440 g/mol. The second-order valence-electron chi connectivity index (χ2n) is 12.1. The molecule has 0 amide bonds. The fourth-order valence-electron chi connectivity index (χ4n) is 7.34. The fraction of sp³-hybridized carbons (Fsp3) is 0.923. The number of fused-ring (bicyclic) bond motifs is 4. The van der Waals surface area contributed by atoms with Crippen molar-refractivity contribution in [1.82, 2.24) is 0 Å². The molecule has 0 saturated heterocycles. The van der Waals surface area contributed by atoms with Crippen LogP contribution in [0.15, 0.2) is 0 Å². The van der Waals surface area contributed by atoms with Crippen molar-refractivity contribution >= 4 is 33.5 Å². The van der Waals surface area contributed by atoms with Crippen molar-refractivity contribution in [2.45, 2.75) is 92.3 Å². The Labute approximate surface area is 202 Å². The standard InChI is InChI=1S/C26H42O4S2/c1-15-19-11-17(25(19,3)4)13-21(15)29-23(27)7-9-31-32-10-8-24(28)30-22-14-18-12-20(16(22)2)26(18,5)6/h15-22H,7-14H2,1-6H3. The number of carbonyl (C=O) groups excluding carboxylic acids is 2. The maximum atomic E-state index is 12.3. The third-order valence-electron chi connectivity index (χ3n) is 10.00. The molecule has 6 fully saturated rings. The molecule has 4 bridgehead atoms. The lowest BCUT2D eigenvalue weighted by molar-refractivity contribution is -0.186. The molecule has 0 spiro atoms. The van der Waals surface area contributed by atoms with Gasteiger partial charge in [0.15, 0.2) is 0 Å². The maximum absolute atomic E-state index is 12.3. The van der Waals surface area contributed by atoms with Gasteiger partial charge in [0.25, 0.3) is 0 Å². The Morgan fingerprint density at radius 3 is 1.41 bits per heavy atom. The lowest BCUT2D eigenvalue weighted by Gasteiger charge is -2.61. The maximum Gasteiger partial charge on any atom is 0.306 e. The van der Waals surface area contributed by atoms with Gasteiger partial charge in [0, 0.05) is 11.5 Å². The summed E-state index contributed by atoms with van der Waals surface area (Å²) in [5.41, 5.74) is 0.837.